The molecule has 9 nitrogen and oxygen atoms in total. The van der Waals surface area contributed by atoms with Gasteiger partial charge in [-0.25, -0.2) is 4.68 Å². The number of aromatic nitrogens is 2. The van der Waals surface area contributed by atoms with Crippen molar-refractivity contribution in [3.63, 3.8) is 0 Å². The molecule has 0 aliphatic carbocycles. The summed E-state index contributed by atoms with van der Waals surface area (Å²) < 4.78 is 12.8. The Morgan fingerprint density at radius 2 is 2.10 bits per heavy atom. The molecule has 0 saturated heterocycles. The molecule has 0 radical (unpaired) electrons. The van der Waals surface area contributed by atoms with Gasteiger partial charge in [-0.1, -0.05) is 27.5 Å². The second-order valence-corrected chi connectivity index (χ2v) is 7.01. The Morgan fingerprint density at radius 3 is 2.79 bits per heavy atom. The molecule has 2 aromatic carbocycles. The zero-order chi connectivity index (χ0) is 21.0. The molecule has 3 aromatic rings. The van der Waals surface area contributed by atoms with Crippen molar-refractivity contribution in [2.24, 2.45) is 0 Å². The monoisotopic (exact) mass is 480 g/mol. The van der Waals surface area contributed by atoms with Crippen LogP contribution in [0, 0.1) is 10.1 Å². The van der Waals surface area contributed by atoms with Crippen LogP contribution in [-0.4, -0.2) is 27.7 Å². The topological polar surface area (TPSA) is 109 Å². The van der Waals surface area contributed by atoms with E-state index in [0.717, 1.165) is 4.47 Å². The first kappa shape index (κ1) is 20.6. The van der Waals surface area contributed by atoms with Crippen molar-refractivity contribution < 1.29 is 19.2 Å². The van der Waals surface area contributed by atoms with Crippen molar-refractivity contribution in [2.75, 3.05) is 12.4 Å². The molecule has 1 N–H and O–H groups in total. The first-order chi connectivity index (χ1) is 13.9. The van der Waals surface area contributed by atoms with Crippen LogP contribution in [-0.2, 0) is 6.73 Å². The summed E-state index contributed by atoms with van der Waals surface area (Å²) in [4.78, 5) is 23.0. The summed E-state index contributed by atoms with van der Waals surface area (Å²) in [5, 5.41) is 18.2. The van der Waals surface area contributed by atoms with E-state index in [1.165, 1.54) is 36.1 Å². The third-order valence-corrected chi connectivity index (χ3v) is 4.56. The number of amides is 1. The molecule has 150 valence electrons. The maximum atomic E-state index is 12.4. The lowest BCUT2D eigenvalue weighted by atomic mass is 10.2. The highest BCUT2D eigenvalue weighted by molar-refractivity contribution is 9.10. The summed E-state index contributed by atoms with van der Waals surface area (Å²) in [7, 11) is 1.40. The van der Waals surface area contributed by atoms with Crippen LogP contribution in [0.3, 0.4) is 0 Å². The van der Waals surface area contributed by atoms with Crippen LogP contribution in [0.2, 0.25) is 5.02 Å². The number of benzene rings is 2. The van der Waals surface area contributed by atoms with E-state index in [9.17, 15) is 14.9 Å². The van der Waals surface area contributed by atoms with Crippen LogP contribution in [0.15, 0.2) is 53.1 Å². The van der Waals surface area contributed by atoms with Crippen molar-refractivity contribution in [1.29, 1.82) is 0 Å². The number of ether oxygens (including phenoxy) is 2. The number of hydrogen-bond donors (Lipinski definition) is 1. The number of methoxy groups -OCH3 is 1. The Morgan fingerprint density at radius 1 is 1.31 bits per heavy atom. The van der Waals surface area contributed by atoms with Crippen LogP contribution in [0.4, 0.5) is 11.4 Å². The Hall–Kier alpha value is -3.11. The van der Waals surface area contributed by atoms with E-state index in [0.29, 0.717) is 16.5 Å². The van der Waals surface area contributed by atoms with E-state index in [4.69, 9.17) is 21.1 Å². The fourth-order valence-corrected chi connectivity index (χ4v) is 3.09. The number of hydrogen-bond acceptors (Lipinski definition) is 6. The smallest absolute Gasteiger partial charge is 0.296 e. The second kappa shape index (κ2) is 8.93. The largest absolute Gasteiger partial charge is 0.496 e. The van der Waals surface area contributed by atoms with Gasteiger partial charge in [-0.2, -0.15) is 5.10 Å². The van der Waals surface area contributed by atoms with E-state index in [-0.39, 0.29) is 23.8 Å². The van der Waals surface area contributed by atoms with E-state index in [1.807, 2.05) is 0 Å². The SMILES string of the molecule is COc1ccc(NC(=O)c2ccn(COc3ccc(Br)cc3Cl)n2)c([N+](=O)[O-])c1. The standard InChI is InChI=1S/C18H14BrClN4O5/c1-28-12-3-4-14(16(9-12)24(26)27)21-18(25)15-6-7-23(22-15)10-29-17-5-2-11(19)8-13(17)20/h2-9H,10H2,1H3,(H,21,25). The molecule has 3 rings (SSSR count). The molecule has 0 unspecified atom stereocenters. The number of nitro benzene ring substituents is 1. The molecule has 0 atom stereocenters. The Labute approximate surface area is 178 Å². The highest BCUT2D eigenvalue weighted by atomic mass is 79.9. The van der Waals surface area contributed by atoms with Crippen LogP contribution in [0.25, 0.3) is 0 Å². The maximum Gasteiger partial charge on any atom is 0.296 e. The molecule has 1 aromatic heterocycles. The summed E-state index contributed by atoms with van der Waals surface area (Å²) in [5.74, 6) is 0.173. The third kappa shape index (κ3) is 5.04. The molecule has 1 heterocycles. The maximum absolute atomic E-state index is 12.4. The van der Waals surface area contributed by atoms with Crippen molar-refractivity contribution in [1.82, 2.24) is 9.78 Å². The Kier molecular flexibility index (Phi) is 6.35. The summed E-state index contributed by atoms with van der Waals surface area (Å²) in [6.07, 6.45) is 1.55. The van der Waals surface area contributed by atoms with Crippen LogP contribution >= 0.6 is 27.5 Å². The summed E-state index contributed by atoms with van der Waals surface area (Å²) in [6.45, 7) is 0.0251. The van der Waals surface area contributed by atoms with E-state index >= 15 is 0 Å². The average Bonchev–Trinajstić information content (AvgIpc) is 3.16. The average molecular weight is 482 g/mol. The summed E-state index contributed by atoms with van der Waals surface area (Å²) in [5.41, 5.74) is -0.181. The number of halogens is 2. The van der Waals surface area contributed by atoms with Crippen LogP contribution in [0.5, 0.6) is 11.5 Å². The van der Waals surface area contributed by atoms with Crippen molar-refractivity contribution in [3.05, 3.63) is 74.0 Å². The van der Waals surface area contributed by atoms with Crippen LogP contribution in [0.1, 0.15) is 10.5 Å². The first-order valence-electron chi connectivity index (χ1n) is 8.12. The zero-order valence-corrected chi connectivity index (χ0v) is 17.3. The highest BCUT2D eigenvalue weighted by Gasteiger charge is 2.19. The van der Waals surface area contributed by atoms with Gasteiger partial charge in [0.25, 0.3) is 11.6 Å². The normalized spacial score (nSPS) is 10.4. The molecule has 0 fully saturated rings. The van der Waals surface area contributed by atoms with E-state index in [2.05, 4.69) is 26.3 Å². The zero-order valence-electron chi connectivity index (χ0n) is 15.0. The van der Waals surface area contributed by atoms with Crippen molar-refractivity contribution in [3.8, 4) is 11.5 Å². The molecular weight excluding hydrogens is 468 g/mol. The second-order valence-electron chi connectivity index (χ2n) is 5.68. The van der Waals surface area contributed by atoms with Crippen LogP contribution < -0.4 is 14.8 Å². The van der Waals surface area contributed by atoms with Gasteiger partial charge >= 0.3 is 0 Å². The molecule has 0 saturated carbocycles. The summed E-state index contributed by atoms with van der Waals surface area (Å²) >= 11 is 9.40. The number of rotatable bonds is 7. The fraction of sp³-hybridized carbons (Fsp3) is 0.111. The minimum absolute atomic E-state index is 0.0251. The quantitative estimate of drug-likeness (QED) is 0.393. The van der Waals surface area contributed by atoms with Gasteiger partial charge in [0.2, 0.25) is 0 Å². The number of carbonyl (C=O) groups is 1. The molecule has 11 heteroatoms. The molecular formula is C18H14BrClN4O5. The lowest BCUT2D eigenvalue weighted by molar-refractivity contribution is -0.384. The van der Waals surface area contributed by atoms with Crippen molar-refractivity contribution >= 4 is 44.8 Å². The molecule has 1 amide bonds. The molecule has 0 aliphatic heterocycles. The molecule has 0 bridgehead atoms. The molecule has 0 spiro atoms. The number of nitro groups is 1. The fourth-order valence-electron chi connectivity index (χ4n) is 2.36. The number of anilines is 1. The van der Waals surface area contributed by atoms with Gasteiger partial charge in [-0.15, -0.1) is 0 Å². The van der Waals surface area contributed by atoms with Gasteiger partial charge in [-0.05, 0) is 36.4 Å². The van der Waals surface area contributed by atoms with Gasteiger partial charge < -0.3 is 14.8 Å². The highest BCUT2D eigenvalue weighted by Crippen LogP contribution is 2.29. The Bertz CT molecular complexity index is 1070. The molecule has 0 aliphatic rings. The lowest BCUT2D eigenvalue weighted by Gasteiger charge is -2.08. The minimum Gasteiger partial charge on any atom is -0.496 e. The van der Waals surface area contributed by atoms with Gasteiger partial charge in [0.15, 0.2) is 12.4 Å². The molecule has 29 heavy (non-hydrogen) atoms. The number of carbonyl (C=O) groups excluding carboxylic acids is 1. The van der Waals surface area contributed by atoms with E-state index < -0.39 is 10.8 Å². The van der Waals surface area contributed by atoms with Gasteiger partial charge in [0, 0.05) is 10.7 Å². The Balaban J connectivity index is 1.69. The van der Waals surface area contributed by atoms with Gasteiger partial charge in [-0.3, -0.25) is 14.9 Å². The number of nitrogens with one attached hydrogen (secondary N) is 1. The third-order valence-electron chi connectivity index (χ3n) is 3.77. The number of nitrogens with zero attached hydrogens (tertiary/aromatic N) is 3. The van der Waals surface area contributed by atoms with Gasteiger partial charge in [0.05, 0.1) is 23.1 Å². The van der Waals surface area contributed by atoms with Gasteiger partial charge in [0.1, 0.15) is 17.2 Å². The predicted molar refractivity (Wildman–Crippen MR) is 110 cm³/mol. The van der Waals surface area contributed by atoms with E-state index in [1.54, 1.807) is 24.4 Å². The summed E-state index contributed by atoms with van der Waals surface area (Å²) in [6, 6.07) is 10.8. The first-order valence-corrected chi connectivity index (χ1v) is 9.29. The predicted octanol–water partition coefficient (Wildman–Crippen LogP) is 4.50. The van der Waals surface area contributed by atoms with Crippen molar-refractivity contribution in [2.45, 2.75) is 6.73 Å². The minimum atomic E-state index is -0.605. The lowest BCUT2D eigenvalue weighted by Crippen LogP contribution is -2.15.